The molecule has 2 N–H and O–H groups in total. The van der Waals surface area contributed by atoms with Crippen LogP contribution in [0.3, 0.4) is 0 Å². The maximum Gasteiger partial charge on any atom is 0.338 e. The highest BCUT2D eigenvalue weighted by Gasteiger charge is 2.39. The van der Waals surface area contributed by atoms with Gasteiger partial charge in [0.25, 0.3) is 17.7 Å². The van der Waals surface area contributed by atoms with Crippen LogP contribution in [0.2, 0.25) is 0 Å². The molecule has 10 nitrogen and oxygen atoms in total. The molecule has 1 heterocycles. The molecule has 4 rings (SSSR count). The van der Waals surface area contributed by atoms with Crippen molar-refractivity contribution in [3.05, 3.63) is 88.6 Å². The van der Waals surface area contributed by atoms with Gasteiger partial charge in [0, 0.05) is 17.3 Å². The predicted octanol–water partition coefficient (Wildman–Crippen LogP) is 4.57. The number of anilines is 3. The molecule has 11 heteroatoms. The average molecular weight is 550 g/mol. The second kappa shape index (κ2) is 11.7. The molecule has 0 fully saturated rings. The normalized spacial score (nSPS) is 12.9. The van der Waals surface area contributed by atoms with Gasteiger partial charge in [0.05, 0.1) is 37.8 Å². The summed E-state index contributed by atoms with van der Waals surface area (Å²) in [6.45, 7) is 1.86. The number of carbonyl (C=O) groups is 4. The third kappa shape index (κ3) is 5.70. The Bertz CT molecular complexity index is 1480. The number of rotatable bonds is 9. The molecule has 0 unspecified atom stereocenters. The molecule has 1 aliphatic rings. The molecule has 0 saturated carbocycles. The highest BCUT2D eigenvalue weighted by molar-refractivity contribution is 6.53. The van der Waals surface area contributed by atoms with Crippen LogP contribution in [-0.2, 0) is 14.3 Å². The van der Waals surface area contributed by atoms with Crippen molar-refractivity contribution in [1.29, 1.82) is 0 Å². The lowest BCUT2D eigenvalue weighted by Crippen LogP contribution is -2.32. The number of halogens is 1. The van der Waals surface area contributed by atoms with Gasteiger partial charge in [0.1, 0.15) is 22.2 Å². The van der Waals surface area contributed by atoms with E-state index < -0.39 is 23.7 Å². The Labute approximate surface area is 229 Å². The fourth-order valence-electron chi connectivity index (χ4n) is 3.79. The molecule has 0 aliphatic carbocycles. The zero-order chi connectivity index (χ0) is 28.1. The summed E-state index contributed by atoms with van der Waals surface area (Å²) in [4.78, 5) is 51.7. The van der Waals surface area contributed by atoms with Crippen molar-refractivity contribution in [1.82, 2.24) is 0 Å². The van der Waals surface area contributed by atoms with Gasteiger partial charge in [-0.1, -0.05) is 17.7 Å². The van der Waals surface area contributed by atoms with Crippen LogP contribution in [-0.4, -0.2) is 44.5 Å². The van der Waals surface area contributed by atoms with E-state index in [0.29, 0.717) is 28.4 Å². The van der Waals surface area contributed by atoms with Crippen LogP contribution in [0, 0.1) is 0 Å². The molecule has 0 saturated heterocycles. The van der Waals surface area contributed by atoms with Crippen LogP contribution in [0.15, 0.2) is 77.5 Å². The number of benzene rings is 3. The fourth-order valence-corrected chi connectivity index (χ4v) is 4.00. The first kappa shape index (κ1) is 27.2. The Kier molecular flexibility index (Phi) is 8.16. The summed E-state index contributed by atoms with van der Waals surface area (Å²) in [5.41, 5.74) is 1.40. The Hall–Kier alpha value is -4.83. The van der Waals surface area contributed by atoms with Crippen LogP contribution >= 0.6 is 11.6 Å². The molecule has 39 heavy (non-hydrogen) atoms. The maximum absolute atomic E-state index is 13.1. The minimum Gasteiger partial charge on any atom is -0.497 e. The summed E-state index contributed by atoms with van der Waals surface area (Å²) in [6, 6.07) is 17.2. The largest absolute Gasteiger partial charge is 0.497 e. The molecular formula is C28H24ClN3O7. The number of nitrogens with one attached hydrogen (secondary N) is 2. The molecule has 0 atom stereocenters. The van der Waals surface area contributed by atoms with E-state index >= 15 is 0 Å². The summed E-state index contributed by atoms with van der Waals surface area (Å²) in [6.07, 6.45) is 0. The van der Waals surface area contributed by atoms with E-state index in [1.54, 1.807) is 49.4 Å². The average Bonchev–Trinajstić information content (AvgIpc) is 3.16. The summed E-state index contributed by atoms with van der Waals surface area (Å²) in [7, 11) is 3.01. The molecule has 0 radical (unpaired) electrons. The number of carbonyl (C=O) groups excluding carboxylic acids is 4. The van der Waals surface area contributed by atoms with E-state index in [9.17, 15) is 19.2 Å². The van der Waals surface area contributed by atoms with E-state index in [2.05, 4.69) is 10.6 Å². The molecule has 3 aromatic carbocycles. The predicted molar refractivity (Wildman–Crippen MR) is 145 cm³/mol. The van der Waals surface area contributed by atoms with Gasteiger partial charge in [-0.25, -0.2) is 9.69 Å². The van der Waals surface area contributed by atoms with Crippen LogP contribution < -0.4 is 25.0 Å². The Morgan fingerprint density at radius 3 is 2.31 bits per heavy atom. The van der Waals surface area contributed by atoms with Gasteiger partial charge in [0.15, 0.2) is 0 Å². The van der Waals surface area contributed by atoms with Gasteiger partial charge in [-0.15, -0.1) is 0 Å². The molecule has 0 aromatic heterocycles. The van der Waals surface area contributed by atoms with Gasteiger partial charge in [-0.05, 0) is 61.5 Å². The van der Waals surface area contributed by atoms with Gasteiger partial charge in [0.2, 0.25) is 0 Å². The Morgan fingerprint density at radius 2 is 1.64 bits per heavy atom. The third-order valence-corrected chi connectivity index (χ3v) is 6.06. The van der Waals surface area contributed by atoms with Crippen molar-refractivity contribution in [2.75, 3.05) is 36.4 Å². The van der Waals surface area contributed by atoms with Crippen molar-refractivity contribution in [3.63, 3.8) is 0 Å². The summed E-state index contributed by atoms with van der Waals surface area (Å²) >= 11 is 6.22. The first-order valence-electron chi connectivity index (χ1n) is 11.7. The minimum atomic E-state index is -0.742. The fraction of sp³-hybridized carbons (Fsp3) is 0.143. The molecule has 200 valence electrons. The Balaban J connectivity index is 1.49. The zero-order valence-corrected chi connectivity index (χ0v) is 22.0. The van der Waals surface area contributed by atoms with Crippen molar-refractivity contribution in [2.45, 2.75) is 6.92 Å². The number of hydrogen-bond donors (Lipinski definition) is 2. The van der Waals surface area contributed by atoms with Crippen molar-refractivity contribution < 1.29 is 33.4 Å². The van der Waals surface area contributed by atoms with Crippen LogP contribution in [0.1, 0.15) is 27.6 Å². The topological polar surface area (TPSA) is 123 Å². The molecule has 0 bridgehead atoms. The second-order valence-corrected chi connectivity index (χ2v) is 8.51. The molecule has 3 aromatic rings. The van der Waals surface area contributed by atoms with E-state index in [-0.39, 0.29) is 28.6 Å². The smallest absolute Gasteiger partial charge is 0.338 e. The zero-order valence-electron chi connectivity index (χ0n) is 21.2. The number of imide groups is 1. The monoisotopic (exact) mass is 549 g/mol. The van der Waals surface area contributed by atoms with E-state index in [0.717, 1.165) is 4.90 Å². The van der Waals surface area contributed by atoms with Gasteiger partial charge < -0.3 is 24.8 Å². The van der Waals surface area contributed by atoms with Crippen LogP contribution in [0.25, 0.3) is 0 Å². The number of nitrogens with zero attached hydrogens (tertiary/aromatic N) is 1. The maximum atomic E-state index is 13.1. The first-order valence-corrected chi connectivity index (χ1v) is 12.1. The number of amides is 3. The minimum absolute atomic E-state index is 0.137. The lowest BCUT2D eigenvalue weighted by Gasteiger charge is -2.16. The van der Waals surface area contributed by atoms with Crippen LogP contribution in [0.4, 0.5) is 17.1 Å². The highest BCUT2D eigenvalue weighted by Crippen LogP contribution is 2.32. The molecular weight excluding hydrogens is 526 g/mol. The lowest BCUT2D eigenvalue weighted by atomic mass is 10.1. The van der Waals surface area contributed by atoms with Gasteiger partial charge in [-0.3, -0.25) is 14.4 Å². The standard InChI is InChI=1S/C28H24ClN3O7/c1-4-39-28(36)17-6-5-7-19(14-17)32-26(34)23(29)24(27(32)35)30-18-10-8-16(9-11-18)25(33)31-21-15-20(37-2)12-13-22(21)38-3/h5-15,30H,4H2,1-3H3,(H,31,33). The van der Waals surface area contributed by atoms with Crippen molar-refractivity contribution in [3.8, 4) is 11.5 Å². The number of methoxy groups -OCH3 is 2. The third-order valence-electron chi connectivity index (χ3n) is 5.71. The number of ether oxygens (including phenoxy) is 3. The Morgan fingerprint density at radius 1 is 0.897 bits per heavy atom. The van der Waals surface area contributed by atoms with E-state index in [1.807, 2.05) is 0 Å². The summed E-state index contributed by atoms with van der Waals surface area (Å²) < 4.78 is 15.5. The lowest BCUT2D eigenvalue weighted by molar-refractivity contribution is -0.120. The first-order chi connectivity index (χ1) is 18.8. The number of hydrogen-bond acceptors (Lipinski definition) is 8. The van der Waals surface area contributed by atoms with Crippen molar-refractivity contribution in [2.24, 2.45) is 0 Å². The SMILES string of the molecule is CCOC(=O)c1cccc(N2C(=O)C(Cl)=C(Nc3ccc(C(=O)Nc4cc(OC)ccc4OC)cc3)C2=O)c1. The second-order valence-electron chi connectivity index (χ2n) is 8.13. The van der Waals surface area contributed by atoms with E-state index in [4.69, 9.17) is 25.8 Å². The summed E-state index contributed by atoms with van der Waals surface area (Å²) in [5, 5.41) is 5.32. The van der Waals surface area contributed by atoms with E-state index in [1.165, 1.54) is 38.5 Å². The van der Waals surface area contributed by atoms with Gasteiger partial charge in [-0.2, -0.15) is 0 Å². The molecule has 0 spiro atoms. The van der Waals surface area contributed by atoms with Gasteiger partial charge >= 0.3 is 5.97 Å². The van der Waals surface area contributed by atoms with Crippen molar-refractivity contribution >= 4 is 52.4 Å². The number of esters is 1. The molecule has 3 amide bonds. The molecule has 1 aliphatic heterocycles. The highest BCUT2D eigenvalue weighted by atomic mass is 35.5. The quantitative estimate of drug-likeness (QED) is 0.294. The van der Waals surface area contributed by atoms with Crippen LogP contribution in [0.5, 0.6) is 11.5 Å². The summed E-state index contributed by atoms with van der Waals surface area (Å²) in [5.74, 6) is -1.40.